The van der Waals surface area contributed by atoms with Gasteiger partial charge in [0, 0.05) is 50.4 Å². The van der Waals surface area contributed by atoms with E-state index in [2.05, 4.69) is 4.90 Å². The summed E-state index contributed by atoms with van der Waals surface area (Å²) >= 11 is 0. The molecule has 136 valence electrons. The number of nitro benzene ring substituents is 1. The number of hydrogen-bond acceptors (Lipinski definition) is 4. The van der Waals surface area contributed by atoms with Crippen LogP contribution in [-0.4, -0.2) is 34.9 Å². The fourth-order valence-electron chi connectivity index (χ4n) is 3.56. The van der Waals surface area contributed by atoms with Crippen LogP contribution in [0, 0.1) is 10.1 Å². The number of nitrogens with zero attached hydrogens (tertiary/aromatic N) is 3. The first-order valence-electron chi connectivity index (χ1n) is 8.85. The molecule has 0 aliphatic carbocycles. The highest BCUT2D eigenvalue weighted by Crippen LogP contribution is 2.25. The Balaban J connectivity index is 1.59. The van der Waals surface area contributed by atoms with Gasteiger partial charge in [-0.2, -0.15) is 0 Å². The first kappa shape index (κ1) is 18.1. The van der Waals surface area contributed by atoms with Crippen molar-refractivity contribution in [1.82, 2.24) is 4.90 Å². The molecule has 0 radical (unpaired) electrons. The quantitative estimate of drug-likeness (QED) is 0.608. The Bertz CT molecular complexity index is 754. The molecular weight excluding hydrogens is 330 g/mol. The van der Waals surface area contributed by atoms with Gasteiger partial charge >= 0.3 is 0 Å². The highest BCUT2D eigenvalue weighted by Gasteiger charge is 2.27. The Morgan fingerprint density at radius 1 is 1.12 bits per heavy atom. The Kier molecular flexibility index (Phi) is 5.63. The Morgan fingerprint density at radius 3 is 2.27 bits per heavy atom. The summed E-state index contributed by atoms with van der Waals surface area (Å²) in [4.78, 5) is 26.8. The molecule has 0 bridgehead atoms. The van der Waals surface area contributed by atoms with Gasteiger partial charge in [0.05, 0.1) is 4.92 Å². The normalized spacial score (nSPS) is 15.6. The lowest BCUT2D eigenvalue weighted by molar-refractivity contribution is -0.384. The number of hydrogen-bond donors (Lipinski definition) is 0. The van der Waals surface area contributed by atoms with Gasteiger partial charge in [-0.25, -0.2) is 0 Å². The number of benzene rings is 2. The third kappa shape index (κ3) is 4.26. The molecule has 3 rings (SSSR count). The molecule has 1 aliphatic rings. The molecule has 2 aromatic carbocycles. The summed E-state index contributed by atoms with van der Waals surface area (Å²) in [5.74, 6) is 0.0741. The number of rotatable bonds is 5. The van der Waals surface area contributed by atoms with Gasteiger partial charge in [0.25, 0.3) is 5.69 Å². The first-order valence-corrected chi connectivity index (χ1v) is 8.85. The molecule has 2 aromatic rings. The van der Waals surface area contributed by atoms with Crippen molar-refractivity contribution in [3.63, 3.8) is 0 Å². The molecule has 1 saturated heterocycles. The van der Waals surface area contributed by atoms with Crippen LogP contribution in [0.25, 0.3) is 0 Å². The van der Waals surface area contributed by atoms with Crippen LogP contribution in [0.1, 0.15) is 25.3 Å². The fourth-order valence-corrected chi connectivity index (χ4v) is 3.56. The molecule has 1 amide bonds. The summed E-state index contributed by atoms with van der Waals surface area (Å²) in [6.45, 7) is 4.20. The third-order valence-electron chi connectivity index (χ3n) is 4.85. The second-order valence-corrected chi connectivity index (χ2v) is 6.66. The number of nitro groups is 1. The van der Waals surface area contributed by atoms with E-state index < -0.39 is 0 Å². The molecule has 1 heterocycles. The van der Waals surface area contributed by atoms with Crippen molar-refractivity contribution in [2.45, 2.75) is 32.4 Å². The summed E-state index contributed by atoms with van der Waals surface area (Å²) in [7, 11) is 0. The van der Waals surface area contributed by atoms with E-state index in [-0.39, 0.29) is 22.6 Å². The summed E-state index contributed by atoms with van der Waals surface area (Å²) in [6.07, 6.45) is 1.84. The summed E-state index contributed by atoms with van der Waals surface area (Å²) < 4.78 is 0. The van der Waals surface area contributed by atoms with Crippen molar-refractivity contribution in [2.75, 3.05) is 18.0 Å². The van der Waals surface area contributed by atoms with Gasteiger partial charge in [0.15, 0.2) is 0 Å². The third-order valence-corrected chi connectivity index (χ3v) is 4.85. The molecule has 1 fully saturated rings. The van der Waals surface area contributed by atoms with Crippen molar-refractivity contribution in [3.05, 3.63) is 70.3 Å². The van der Waals surface area contributed by atoms with E-state index in [1.165, 1.54) is 0 Å². The van der Waals surface area contributed by atoms with Gasteiger partial charge in [-0.15, -0.1) is 0 Å². The lowest BCUT2D eigenvalue weighted by Gasteiger charge is -2.38. The number of amides is 1. The molecule has 0 spiro atoms. The standard InChI is InChI=1S/C20H23N3O3/c1-16(24)22(18-5-3-2-4-6-18)19-11-13-21(14-12-19)15-17-7-9-20(10-8-17)23(25)26/h2-10,19H,11-15H2,1H3. The molecule has 26 heavy (non-hydrogen) atoms. The van der Waals surface area contributed by atoms with E-state index in [1.807, 2.05) is 47.4 Å². The SMILES string of the molecule is CC(=O)N(c1ccccc1)C1CCN(Cc2ccc([N+](=O)[O-])cc2)CC1. The molecule has 6 heteroatoms. The van der Waals surface area contributed by atoms with Crippen LogP contribution in [0.2, 0.25) is 0 Å². The number of carbonyl (C=O) groups is 1. The number of non-ortho nitro benzene ring substituents is 1. The zero-order chi connectivity index (χ0) is 18.5. The van der Waals surface area contributed by atoms with E-state index in [9.17, 15) is 14.9 Å². The van der Waals surface area contributed by atoms with Gasteiger partial charge in [-0.05, 0) is 30.5 Å². The Hall–Kier alpha value is -2.73. The molecule has 1 aliphatic heterocycles. The number of para-hydroxylation sites is 1. The maximum atomic E-state index is 12.2. The molecule has 0 N–H and O–H groups in total. The van der Waals surface area contributed by atoms with Crippen LogP contribution in [0.3, 0.4) is 0 Å². The van der Waals surface area contributed by atoms with E-state index in [1.54, 1.807) is 19.1 Å². The van der Waals surface area contributed by atoms with Gasteiger partial charge in [-0.1, -0.05) is 30.3 Å². The Morgan fingerprint density at radius 2 is 1.73 bits per heavy atom. The molecular formula is C20H23N3O3. The highest BCUT2D eigenvalue weighted by atomic mass is 16.6. The maximum absolute atomic E-state index is 12.2. The molecule has 0 saturated carbocycles. The largest absolute Gasteiger partial charge is 0.310 e. The van der Waals surface area contributed by atoms with Crippen LogP contribution in [0.15, 0.2) is 54.6 Å². The molecule has 6 nitrogen and oxygen atoms in total. The second kappa shape index (κ2) is 8.10. The summed E-state index contributed by atoms with van der Waals surface area (Å²) in [5.41, 5.74) is 2.14. The minimum Gasteiger partial charge on any atom is -0.310 e. The second-order valence-electron chi connectivity index (χ2n) is 6.66. The lowest BCUT2D eigenvalue weighted by Crippen LogP contribution is -2.46. The number of carbonyl (C=O) groups excluding carboxylic acids is 1. The molecule has 0 atom stereocenters. The predicted octanol–water partition coefficient (Wildman–Crippen LogP) is 3.61. The van der Waals surface area contributed by atoms with Gasteiger partial charge in [0.2, 0.25) is 5.91 Å². The van der Waals surface area contributed by atoms with Crippen molar-refractivity contribution in [2.24, 2.45) is 0 Å². The van der Waals surface area contributed by atoms with Crippen molar-refractivity contribution < 1.29 is 9.72 Å². The van der Waals surface area contributed by atoms with Gasteiger partial charge in [0.1, 0.15) is 0 Å². The Labute approximate surface area is 153 Å². The minimum absolute atomic E-state index is 0.0741. The van der Waals surface area contributed by atoms with Crippen LogP contribution in [0.5, 0.6) is 0 Å². The van der Waals surface area contributed by atoms with Crippen molar-refractivity contribution in [1.29, 1.82) is 0 Å². The van der Waals surface area contributed by atoms with E-state index in [0.717, 1.165) is 43.7 Å². The minimum atomic E-state index is -0.380. The number of piperidine rings is 1. The first-order chi connectivity index (χ1) is 12.5. The maximum Gasteiger partial charge on any atom is 0.269 e. The van der Waals surface area contributed by atoms with E-state index >= 15 is 0 Å². The average molecular weight is 353 g/mol. The molecule has 0 unspecified atom stereocenters. The predicted molar refractivity (Wildman–Crippen MR) is 101 cm³/mol. The number of likely N-dealkylation sites (tertiary alicyclic amines) is 1. The van der Waals surface area contributed by atoms with E-state index in [4.69, 9.17) is 0 Å². The van der Waals surface area contributed by atoms with Crippen LogP contribution < -0.4 is 4.90 Å². The zero-order valence-corrected chi connectivity index (χ0v) is 14.9. The smallest absolute Gasteiger partial charge is 0.269 e. The van der Waals surface area contributed by atoms with Gasteiger partial charge in [-0.3, -0.25) is 19.8 Å². The van der Waals surface area contributed by atoms with Crippen LogP contribution >= 0.6 is 0 Å². The monoisotopic (exact) mass is 353 g/mol. The summed E-state index contributed by atoms with van der Waals surface area (Å²) in [6, 6.07) is 16.8. The lowest BCUT2D eigenvalue weighted by atomic mass is 10.0. The summed E-state index contributed by atoms with van der Waals surface area (Å²) in [5, 5.41) is 10.7. The zero-order valence-electron chi connectivity index (χ0n) is 14.9. The van der Waals surface area contributed by atoms with Crippen LogP contribution in [-0.2, 0) is 11.3 Å². The molecule has 0 aromatic heterocycles. The van der Waals surface area contributed by atoms with Crippen molar-refractivity contribution in [3.8, 4) is 0 Å². The van der Waals surface area contributed by atoms with Crippen molar-refractivity contribution >= 4 is 17.3 Å². The average Bonchev–Trinajstić information content (AvgIpc) is 2.64. The number of anilines is 1. The van der Waals surface area contributed by atoms with E-state index in [0.29, 0.717) is 0 Å². The topological polar surface area (TPSA) is 66.7 Å². The fraction of sp³-hybridized carbons (Fsp3) is 0.350. The van der Waals surface area contributed by atoms with Gasteiger partial charge < -0.3 is 4.90 Å². The highest BCUT2D eigenvalue weighted by molar-refractivity contribution is 5.92. The van der Waals surface area contributed by atoms with Crippen LogP contribution in [0.4, 0.5) is 11.4 Å².